The van der Waals surface area contributed by atoms with Crippen molar-refractivity contribution >= 4 is 11.9 Å². The zero-order chi connectivity index (χ0) is 19.6. The second kappa shape index (κ2) is 10.8. The second-order valence-corrected chi connectivity index (χ2v) is 7.18. The van der Waals surface area contributed by atoms with Crippen LogP contribution in [0.4, 0.5) is 0 Å². The quantitative estimate of drug-likeness (QED) is 0.352. The fourth-order valence-corrected chi connectivity index (χ4v) is 2.51. The van der Waals surface area contributed by atoms with Gasteiger partial charge in [0.2, 0.25) is 0 Å². The first kappa shape index (κ1) is 22.0. The van der Waals surface area contributed by atoms with Crippen LogP contribution in [0.15, 0.2) is 24.3 Å². The number of hydrogen-bond acceptors (Lipinski definition) is 5. The average Bonchev–Trinajstić information content (AvgIpc) is 2.58. The molecule has 0 aliphatic carbocycles. The van der Waals surface area contributed by atoms with E-state index in [9.17, 15) is 9.59 Å². The van der Waals surface area contributed by atoms with Crippen LogP contribution in [-0.4, -0.2) is 31.8 Å². The summed E-state index contributed by atoms with van der Waals surface area (Å²) >= 11 is 0. The lowest BCUT2D eigenvalue weighted by Gasteiger charge is -2.19. The summed E-state index contributed by atoms with van der Waals surface area (Å²) in [6, 6.07) is 8.10. The van der Waals surface area contributed by atoms with E-state index in [1.807, 2.05) is 12.1 Å². The van der Waals surface area contributed by atoms with Crippen LogP contribution in [0, 0.1) is 5.92 Å². The molecule has 146 valence electrons. The SMILES string of the molecule is CCOC(=O)C(CCCCOc1ccc(C(C)(C)C)cc1)C(=O)OCC. The Morgan fingerprint density at radius 2 is 1.46 bits per heavy atom. The van der Waals surface area contributed by atoms with E-state index in [-0.39, 0.29) is 18.6 Å². The number of rotatable bonds is 10. The summed E-state index contributed by atoms with van der Waals surface area (Å²) < 4.78 is 15.7. The number of benzene rings is 1. The predicted octanol–water partition coefficient (Wildman–Crippen LogP) is 4.28. The molecular weight excluding hydrogens is 332 g/mol. The van der Waals surface area contributed by atoms with Crippen molar-refractivity contribution in [2.45, 2.75) is 59.3 Å². The Morgan fingerprint density at radius 1 is 0.923 bits per heavy atom. The Bertz CT molecular complexity index is 539. The molecule has 5 nitrogen and oxygen atoms in total. The maximum absolute atomic E-state index is 11.9. The van der Waals surface area contributed by atoms with Crippen LogP contribution in [0.25, 0.3) is 0 Å². The first-order valence-electron chi connectivity index (χ1n) is 9.36. The maximum Gasteiger partial charge on any atom is 0.320 e. The van der Waals surface area contributed by atoms with Gasteiger partial charge in [-0.2, -0.15) is 0 Å². The highest BCUT2D eigenvalue weighted by atomic mass is 16.6. The molecule has 0 N–H and O–H groups in total. The van der Waals surface area contributed by atoms with Crippen molar-refractivity contribution in [3.63, 3.8) is 0 Å². The van der Waals surface area contributed by atoms with E-state index >= 15 is 0 Å². The first-order valence-corrected chi connectivity index (χ1v) is 9.36. The first-order chi connectivity index (χ1) is 12.3. The van der Waals surface area contributed by atoms with Gasteiger partial charge in [-0.15, -0.1) is 0 Å². The van der Waals surface area contributed by atoms with Crippen molar-refractivity contribution in [2.24, 2.45) is 5.92 Å². The van der Waals surface area contributed by atoms with E-state index in [2.05, 4.69) is 32.9 Å². The molecule has 1 rings (SSSR count). The van der Waals surface area contributed by atoms with Gasteiger partial charge in [0.05, 0.1) is 19.8 Å². The molecule has 5 heteroatoms. The predicted molar refractivity (Wildman–Crippen MR) is 101 cm³/mol. The van der Waals surface area contributed by atoms with Crippen molar-refractivity contribution in [3.05, 3.63) is 29.8 Å². The highest BCUT2D eigenvalue weighted by Crippen LogP contribution is 2.24. The number of esters is 2. The fraction of sp³-hybridized carbons (Fsp3) is 0.619. The van der Waals surface area contributed by atoms with Crippen LogP contribution in [0.3, 0.4) is 0 Å². The van der Waals surface area contributed by atoms with Crippen LogP contribution in [0.2, 0.25) is 0 Å². The number of carbonyl (C=O) groups excluding carboxylic acids is 2. The van der Waals surface area contributed by atoms with E-state index in [0.717, 1.165) is 12.2 Å². The zero-order valence-corrected chi connectivity index (χ0v) is 16.7. The van der Waals surface area contributed by atoms with Crippen LogP contribution < -0.4 is 4.74 Å². The molecule has 0 aromatic heterocycles. The summed E-state index contributed by atoms with van der Waals surface area (Å²) in [4.78, 5) is 23.8. The molecule has 26 heavy (non-hydrogen) atoms. The lowest BCUT2D eigenvalue weighted by Crippen LogP contribution is -2.28. The normalized spacial score (nSPS) is 11.3. The van der Waals surface area contributed by atoms with Gasteiger partial charge >= 0.3 is 11.9 Å². The van der Waals surface area contributed by atoms with Crippen molar-refractivity contribution < 1.29 is 23.8 Å². The van der Waals surface area contributed by atoms with Gasteiger partial charge < -0.3 is 14.2 Å². The molecule has 0 fully saturated rings. The van der Waals surface area contributed by atoms with Crippen LogP contribution in [0.5, 0.6) is 5.75 Å². The van der Waals surface area contributed by atoms with Gasteiger partial charge in [0, 0.05) is 0 Å². The van der Waals surface area contributed by atoms with Crippen molar-refractivity contribution in [1.29, 1.82) is 0 Å². The average molecular weight is 364 g/mol. The molecule has 0 radical (unpaired) electrons. The molecule has 1 aromatic rings. The van der Waals surface area contributed by atoms with Crippen molar-refractivity contribution in [1.82, 2.24) is 0 Å². The maximum atomic E-state index is 11.9. The molecule has 0 unspecified atom stereocenters. The zero-order valence-electron chi connectivity index (χ0n) is 16.7. The van der Waals surface area contributed by atoms with Crippen LogP contribution >= 0.6 is 0 Å². The summed E-state index contributed by atoms with van der Waals surface area (Å²) in [5, 5.41) is 0. The van der Waals surface area contributed by atoms with E-state index in [0.29, 0.717) is 19.4 Å². The summed E-state index contributed by atoms with van der Waals surface area (Å²) in [6.07, 6.45) is 1.84. The fourth-order valence-electron chi connectivity index (χ4n) is 2.51. The summed E-state index contributed by atoms with van der Waals surface area (Å²) in [5.74, 6) is -1.04. The Hall–Kier alpha value is -2.04. The smallest absolute Gasteiger partial charge is 0.320 e. The largest absolute Gasteiger partial charge is 0.494 e. The molecule has 0 bridgehead atoms. The van der Waals surface area contributed by atoms with Gasteiger partial charge in [0.1, 0.15) is 5.75 Å². The molecule has 1 aromatic carbocycles. The molecule has 0 heterocycles. The molecule has 0 saturated heterocycles. The van der Waals surface area contributed by atoms with Gasteiger partial charge in [-0.3, -0.25) is 9.59 Å². The minimum atomic E-state index is -0.846. The topological polar surface area (TPSA) is 61.8 Å². The Labute approximate surface area is 157 Å². The standard InChI is InChI=1S/C21H32O5/c1-6-24-19(22)18(20(23)25-7-2)10-8-9-15-26-17-13-11-16(12-14-17)21(3,4)5/h11-14,18H,6-10,15H2,1-5H3. The number of hydrogen-bond donors (Lipinski definition) is 0. The lowest BCUT2D eigenvalue weighted by atomic mass is 9.87. The Balaban J connectivity index is 2.41. The Kier molecular flexibility index (Phi) is 9.17. The molecule has 0 atom stereocenters. The third kappa shape index (κ3) is 7.46. The molecule has 0 aliphatic rings. The van der Waals surface area contributed by atoms with E-state index < -0.39 is 17.9 Å². The van der Waals surface area contributed by atoms with E-state index in [1.165, 1.54) is 5.56 Å². The number of carbonyl (C=O) groups is 2. The summed E-state index contributed by atoms with van der Waals surface area (Å²) in [5.41, 5.74) is 1.38. The van der Waals surface area contributed by atoms with Crippen LogP contribution in [0.1, 0.15) is 59.4 Å². The highest BCUT2D eigenvalue weighted by molar-refractivity contribution is 5.94. The van der Waals surface area contributed by atoms with Gasteiger partial charge in [-0.25, -0.2) is 0 Å². The highest BCUT2D eigenvalue weighted by Gasteiger charge is 2.28. The molecular formula is C21H32O5. The lowest BCUT2D eigenvalue weighted by molar-refractivity contribution is -0.162. The van der Waals surface area contributed by atoms with Crippen molar-refractivity contribution in [2.75, 3.05) is 19.8 Å². The number of unbranched alkanes of at least 4 members (excludes halogenated alkanes) is 1. The van der Waals surface area contributed by atoms with Crippen LogP contribution in [-0.2, 0) is 24.5 Å². The minimum absolute atomic E-state index is 0.119. The molecule has 0 saturated carbocycles. The van der Waals surface area contributed by atoms with Crippen molar-refractivity contribution in [3.8, 4) is 5.75 Å². The Morgan fingerprint density at radius 3 is 1.92 bits per heavy atom. The number of ether oxygens (including phenoxy) is 3. The van der Waals surface area contributed by atoms with E-state index in [1.54, 1.807) is 13.8 Å². The molecule has 0 aliphatic heterocycles. The second-order valence-electron chi connectivity index (χ2n) is 7.18. The van der Waals surface area contributed by atoms with Gasteiger partial charge in [-0.05, 0) is 56.2 Å². The van der Waals surface area contributed by atoms with Gasteiger partial charge in [0.15, 0.2) is 5.92 Å². The van der Waals surface area contributed by atoms with E-state index in [4.69, 9.17) is 14.2 Å². The van der Waals surface area contributed by atoms with Gasteiger partial charge in [-0.1, -0.05) is 32.9 Å². The molecule has 0 spiro atoms. The minimum Gasteiger partial charge on any atom is -0.494 e. The summed E-state index contributed by atoms with van der Waals surface area (Å²) in [7, 11) is 0. The monoisotopic (exact) mass is 364 g/mol. The third-order valence-electron chi connectivity index (χ3n) is 4.02. The van der Waals surface area contributed by atoms with Gasteiger partial charge in [0.25, 0.3) is 0 Å². The molecule has 0 amide bonds. The summed E-state index contributed by atoms with van der Waals surface area (Å²) in [6.45, 7) is 11.0. The third-order valence-corrected chi connectivity index (χ3v) is 4.02.